The number of hydrogen-bond donors (Lipinski definition) is 6. The number of fused-ring (bicyclic) bond motifs is 7. The summed E-state index contributed by atoms with van der Waals surface area (Å²) in [5.41, 5.74) is 3.08. The first kappa shape index (κ1) is 35.3. The van der Waals surface area contributed by atoms with Crippen molar-refractivity contribution in [1.29, 1.82) is 0 Å². The van der Waals surface area contributed by atoms with Gasteiger partial charge in [-0.05, 0) is 106 Å². The molecule has 0 aliphatic heterocycles. The minimum Gasteiger partial charge on any atom is -0.512 e. The van der Waals surface area contributed by atoms with E-state index < -0.39 is 51.0 Å². The van der Waals surface area contributed by atoms with Crippen LogP contribution in [0.5, 0.6) is 11.5 Å². The normalized spacial score (nSPS) is 17.0. The van der Waals surface area contributed by atoms with Crippen LogP contribution in [-0.2, 0) is 56.0 Å². The van der Waals surface area contributed by atoms with Gasteiger partial charge in [0, 0.05) is 30.7 Å². The number of aliphatic hydroxyl groups is 1. The van der Waals surface area contributed by atoms with Crippen LogP contribution >= 0.6 is 0 Å². The van der Waals surface area contributed by atoms with Crippen LogP contribution < -0.4 is 0 Å². The number of phenols is 2. The van der Waals surface area contributed by atoms with Gasteiger partial charge in [0.15, 0.2) is 0 Å². The fraction of sp³-hybridized carbons (Fsp3) is 0.200. The van der Waals surface area contributed by atoms with Gasteiger partial charge in [0.1, 0.15) is 11.5 Å². The monoisotopic (exact) mass is 740 g/mol. The predicted molar refractivity (Wildman–Crippen MR) is 182 cm³/mol. The lowest BCUT2D eigenvalue weighted by Crippen LogP contribution is -2.17. The Bertz CT molecular complexity index is 2480. The SMILES string of the molecule is Cc1ccccc1C1=CC2=C(O)C(C1)Cc1cc(S(=O)(=O)O)cc(c1O)Cc1cc(cc(S(=O)(=O)O)c1)Cc1cc(S(=O)(=O)O)cc(c1O)C2. The first-order chi connectivity index (χ1) is 23.3. The largest absolute Gasteiger partial charge is 0.512 e. The van der Waals surface area contributed by atoms with Crippen molar-refractivity contribution in [1.82, 2.24) is 0 Å². The Balaban J connectivity index is 1.66. The number of rotatable bonds is 4. The van der Waals surface area contributed by atoms with Gasteiger partial charge in [-0.1, -0.05) is 36.4 Å². The Morgan fingerprint density at radius 2 is 1.04 bits per heavy atom. The lowest BCUT2D eigenvalue weighted by atomic mass is 9.79. The molecule has 8 bridgehead atoms. The van der Waals surface area contributed by atoms with Gasteiger partial charge in [-0.3, -0.25) is 13.7 Å². The number of phenolic OH excluding ortho intramolecular Hbond substituents is 2. The maximum absolute atomic E-state index is 12.4. The summed E-state index contributed by atoms with van der Waals surface area (Å²) >= 11 is 0. The van der Waals surface area contributed by atoms with Crippen molar-refractivity contribution < 1.29 is 54.2 Å². The minimum absolute atomic E-state index is 0.00876. The van der Waals surface area contributed by atoms with Crippen molar-refractivity contribution in [3.05, 3.63) is 129 Å². The number of aliphatic hydroxyl groups excluding tert-OH is 1. The Morgan fingerprint density at radius 3 is 1.56 bits per heavy atom. The number of allylic oxidation sites excluding steroid dienone is 4. The van der Waals surface area contributed by atoms with E-state index in [2.05, 4.69) is 0 Å². The van der Waals surface area contributed by atoms with E-state index in [0.29, 0.717) is 0 Å². The number of aryl methyl sites for hydroxylation is 1. The van der Waals surface area contributed by atoms with Gasteiger partial charge in [0.2, 0.25) is 0 Å². The van der Waals surface area contributed by atoms with E-state index in [4.69, 9.17) is 0 Å². The number of hydrogen-bond acceptors (Lipinski definition) is 9. The van der Waals surface area contributed by atoms with E-state index in [0.717, 1.165) is 53.1 Å². The molecule has 262 valence electrons. The molecule has 1 atom stereocenters. The van der Waals surface area contributed by atoms with Crippen LogP contribution in [0.4, 0.5) is 0 Å². The molecule has 50 heavy (non-hydrogen) atoms. The maximum Gasteiger partial charge on any atom is 0.294 e. The molecule has 4 aromatic rings. The molecule has 0 radical (unpaired) electrons. The third-order valence-electron chi connectivity index (χ3n) is 9.06. The lowest BCUT2D eigenvalue weighted by Gasteiger charge is -2.27. The zero-order chi connectivity index (χ0) is 36.3. The average Bonchev–Trinajstić information content (AvgIpc) is 3.01. The highest BCUT2D eigenvalue weighted by Crippen LogP contribution is 2.42. The summed E-state index contributed by atoms with van der Waals surface area (Å²) in [5, 5.41) is 34.7. The molecule has 0 heterocycles. The van der Waals surface area contributed by atoms with E-state index in [9.17, 15) is 54.2 Å². The zero-order valence-electron chi connectivity index (χ0n) is 26.4. The number of aromatic hydroxyl groups is 2. The van der Waals surface area contributed by atoms with Crippen LogP contribution in [0.1, 0.15) is 50.9 Å². The molecule has 4 aromatic carbocycles. The summed E-state index contributed by atoms with van der Waals surface area (Å²) in [6, 6.07) is 15.3. The van der Waals surface area contributed by atoms with Crippen LogP contribution in [0.25, 0.3) is 5.57 Å². The van der Waals surface area contributed by atoms with Gasteiger partial charge in [-0.25, -0.2) is 0 Å². The smallest absolute Gasteiger partial charge is 0.294 e. The quantitative estimate of drug-likeness (QED) is 0.146. The maximum atomic E-state index is 12.4. The van der Waals surface area contributed by atoms with Gasteiger partial charge in [-0.15, -0.1) is 0 Å². The van der Waals surface area contributed by atoms with Crippen molar-refractivity contribution in [2.45, 2.75) is 53.7 Å². The predicted octanol–water partition coefficient (Wildman–Crippen LogP) is 5.34. The summed E-state index contributed by atoms with van der Waals surface area (Å²) in [6.45, 7) is 1.89. The highest BCUT2D eigenvalue weighted by Gasteiger charge is 2.30. The van der Waals surface area contributed by atoms with Crippen LogP contribution in [0.3, 0.4) is 0 Å². The molecule has 2 aliphatic rings. The standard InChI is InChI=1S/C35H32O12S3/c1-19-4-2-3-5-32(19)22-11-25-13-27-17-30(49(42,43)44)15-23(33(27)36)7-20-6-21(10-29(9-20)48(39,40)41)8-24-16-31(50(45,46)47)18-28(34(24)37)14-26(12-22)35(25)38/h2-6,9-11,15-18,26,36-38H,7-8,12-14H2,1H3,(H,39,40,41)(H,42,43,44)(H,45,46,47). The van der Waals surface area contributed by atoms with E-state index in [1.54, 1.807) is 6.08 Å². The van der Waals surface area contributed by atoms with E-state index in [1.807, 2.05) is 31.2 Å². The Hall–Kier alpha value is -4.51. The molecule has 1 unspecified atom stereocenters. The third kappa shape index (κ3) is 7.19. The fourth-order valence-corrected chi connectivity index (χ4v) is 8.47. The van der Waals surface area contributed by atoms with Crippen molar-refractivity contribution >= 4 is 35.9 Å². The lowest BCUT2D eigenvalue weighted by molar-refractivity contribution is 0.318. The molecule has 0 saturated carbocycles. The van der Waals surface area contributed by atoms with Gasteiger partial charge in [0.05, 0.1) is 20.4 Å². The second-order valence-electron chi connectivity index (χ2n) is 12.6. The molecule has 0 saturated heterocycles. The van der Waals surface area contributed by atoms with Crippen molar-refractivity contribution in [3.8, 4) is 11.5 Å². The molecule has 2 aliphatic carbocycles. The van der Waals surface area contributed by atoms with Crippen molar-refractivity contribution in [3.63, 3.8) is 0 Å². The summed E-state index contributed by atoms with van der Waals surface area (Å²) in [5.74, 6) is -1.69. The highest BCUT2D eigenvalue weighted by molar-refractivity contribution is 7.86. The second kappa shape index (κ2) is 12.7. The molecular weight excluding hydrogens is 709 g/mol. The van der Waals surface area contributed by atoms with Crippen LogP contribution in [0.15, 0.2) is 98.8 Å². The molecular formula is C35H32O12S3. The Kier molecular flexibility index (Phi) is 8.95. The third-order valence-corrected chi connectivity index (χ3v) is 11.6. The first-order valence-corrected chi connectivity index (χ1v) is 19.5. The van der Waals surface area contributed by atoms with Crippen molar-refractivity contribution in [2.24, 2.45) is 5.92 Å². The summed E-state index contributed by atoms with van der Waals surface area (Å²) in [4.78, 5) is -1.67. The van der Waals surface area contributed by atoms with Crippen molar-refractivity contribution in [2.75, 3.05) is 0 Å². The highest BCUT2D eigenvalue weighted by atomic mass is 32.2. The zero-order valence-corrected chi connectivity index (χ0v) is 28.8. The van der Waals surface area contributed by atoms with Gasteiger partial charge in [-0.2, -0.15) is 25.3 Å². The molecule has 6 rings (SSSR count). The minimum atomic E-state index is -4.82. The van der Waals surface area contributed by atoms with Crippen LogP contribution in [0.2, 0.25) is 0 Å². The molecule has 12 nitrogen and oxygen atoms in total. The van der Waals surface area contributed by atoms with E-state index in [-0.39, 0.29) is 88.3 Å². The van der Waals surface area contributed by atoms with E-state index in [1.165, 1.54) is 6.07 Å². The summed E-state index contributed by atoms with van der Waals surface area (Å²) in [7, 11) is -14.4. The fourth-order valence-electron chi connectivity index (χ4n) is 6.70. The average molecular weight is 741 g/mol. The molecule has 15 heteroatoms. The van der Waals surface area contributed by atoms with Crippen LogP contribution in [0, 0.1) is 12.8 Å². The second-order valence-corrected chi connectivity index (χ2v) is 16.9. The summed E-state index contributed by atoms with van der Waals surface area (Å²) in [6.07, 6.45) is 0.939. The molecule has 0 spiro atoms. The van der Waals surface area contributed by atoms with E-state index >= 15 is 0 Å². The molecule has 0 fully saturated rings. The van der Waals surface area contributed by atoms with Gasteiger partial charge < -0.3 is 15.3 Å². The van der Waals surface area contributed by atoms with Gasteiger partial charge in [0.25, 0.3) is 30.4 Å². The first-order valence-electron chi connectivity index (χ1n) is 15.2. The summed E-state index contributed by atoms with van der Waals surface area (Å²) < 4.78 is 104. The van der Waals surface area contributed by atoms with Gasteiger partial charge >= 0.3 is 0 Å². The number of benzene rings is 4. The Labute approximate surface area is 288 Å². The Morgan fingerprint density at radius 1 is 0.580 bits per heavy atom. The molecule has 6 N–H and O–H groups in total. The molecule has 0 amide bonds. The molecule has 0 aromatic heterocycles. The van der Waals surface area contributed by atoms with Crippen LogP contribution in [-0.4, -0.2) is 54.2 Å². The topological polar surface area (TPSA) is 224 Å².